The zero-order valence-electron chi connectivity index (χ0n) is 20.6. The first kappa shape index (κ1) is 25.5. The molecule has 3 aromatic carbocycles. The maximum absolute atomic E-state index is 13.0. The van der Waals surface area contributed by atoms with E-state index in [1.165, 1.54) is 4.90 Å². The molecule has 0 radical (unpaired) electrons. The fourth-order valence-corrected chi connectivity index (χ4v) is 4.35. The van der Waals surface area contributed by atoms with E-state index in [0.717, 1.165) is 39.2 Å². The third kappa shape index (κ3) is 6.95. The van der Waals surface area contributed by atoms with E-state index in [-0.39, 0.29) is 24.9 Å². The van der Waals surface area contributed by atoms with E-state index >= 15 is 0 Å². The van der Waals surface area contributed by atoms with Gasteiger partial charge < -0.3 is 10.6 Å². The molecule has 3 aromatic rings. The van der Waals surface area contributed by atoms with Gasteiger partial charge in [-0.2, -0.15) is 0 Å². The molecule has 6 heteroatoms. The summed E-state index contributed by atoms with van der Waals surface area (Å²) in [5.41, 5.74) is 6.77. The third-order valence-electron chi connectivity index (χ3n) is 5.79. The van der Waals surface area contributed by atoms with Crippen LogP contribution in [-0.4, -0.2) is 36.1 Å². The molecule has 0 fully saturated rings. The maximum Gasteiger partial charge on any atom is 0.238 e. The monoisotopic (exact) mass is 475 g/mol. The highest BCUT2D eigenvalue weighted by atomic mass is 32.2. The topological polar surface area (TPSA) is 61.4 Å². The number of nitrogens with one attached hydrogen (secondary N) is 2. The SMILES string of the molecule is CSc1ccc(CN(CC(=O)Nc2c(C)cccc2C)CC(=O)Nc2c(C)cccc2C)cc1. The van der Waals surface area contributed by atoms with Crippen LogP contribution in [0.2, 0.25) is 0 Å². The number of nitrogens with zero attached hydrogens (tertiary/aromatic N) is 1. The van der Waals surface area contributed by atoms with Gasteiger partial charge in [-0.05, 0) is 73.9 Å². The summed E-state index contributed by atoms with van der Waals surface area (Å²) in [6.45, 7) is 8.63. The Bertz CT molecular complexity index is 1050. The molecular formula is C28H33N3O2S. The van der Waals surface area contributed by atoms with Crippen LogP contribution in [0.1, 0.15) is 27.8 Å². The number of anilines is 2. The summed E-state index contributed by atoms with van der Waals surface area (Å²) in [7, 11) is 0. The van der Waals surface area contributed by atoms with Crippen molar-refractivity contribution in [2.24, 2.45) is 0 Å². The van der Waals surface area contributed by atoms with Crippen LogP contribution in [0.4, 0.5) is 11.4 Å². The summed E-state index contributed by atoms with van der Waals surface area (Å²) in [5.74, 6) is -0.281. The van der Waals surface area contributed by atoms with Gasteiger partial charge in [0.1, 0.15) is 0 Å². The summed E-state index contributed by atoms with van der Waals surface area (Å²) in [5, 5.41) is 6.08. The number of hydrogen-bond acceptors (Lipinski definition) is 4. The molecule has 2 amide bonds. The number of carbonyl (C=O) groups is 2. The molecule has 178 valence electrons. The molecule has 0 saturated carbocycles. The lowest BCUT2D eigenvalue weighted by Gasteiger charge is -2.23. The van der Waals surface area contributed by atoms with Crippen LogP contribution in [0.15, 0.2) is 65.6 Å². The lowest BCUT2D eigenvalue weighted by atomic mass is 10.1. The van der Waals surface area contributed by atoms with Gasteiger partial charge in [0.15, 0.2) is 0 Å². The van der Waals surface area contributed by atoms with E-state index < -0.39 is 0 Å². The number of amides is 2. The molecule has 34 heavy (non-hydrogen) atoms. The van der Waals surface area contributed by atoms with Crippen molar-refractivity contribution < 1.29 is 9.59 Å². The molecule has 3 rings (SSSR count). The van der Waals surface area contributed by atoms with Crippen LogP contribution in [0.3, 0.4) is 0 Å². The number of thioether (sulfide) groups is 1. The van der Waals surface area contributed by atoms with Crippen molar-refractivity contribution in [3.05, 3.63) is 88.5 Å². The van der Waals surface area contributed by atoms with Gasteiger partial charge in [-0.3, -0.25) is 14.5 Å². The number of benzene rings is 3. The number of rotatable bonds is 9. The number of hydrogen-bond donors (Lipinski definition) is 2. The minimum absolute atomic E-state index is 0.109. The molecule has 5 nitrogen and oxygen atoms in total. The van der Waals surface area contributed by atoms with Crippen LogP contribution >= 0.6 is 11.8 Å². The van der Waals surface area contributed by atoms with E-state index in [1.807, 2.05) is 87.4 Å². The molecule has 0 unspecified atom stereocenters. The summed E-state index contributed by atoms with van der Waals surface area (Å²) < 4.78 is 0. The Morgan fingerprint density at radius 3 is 1.50 bits per heavy atom. The predicted molar refractivity (Wildman–Crippen MR) is 143 cm³/mol. The first-order valence-electron chi connectivity index (χ1n) is 11.3. The second kappa shape index (κ2) is 11.9. The second-order valence-electron chi connectivity index (χ2n) is 8.62. The molecule has 0 aliphatic heterocycles. The van der Waals surface area contributed by atoms with Crippen LogP contribution < -0.4 is 10.6 Å². The van der Waals surface area contributed by atoms with Gasteiger partial charge in [0.05, 0.1) is 13.1 Å². The van der Waals surface area contributed by atoms with E-state index in [0.29, 0.717) is 6.54 Å². The van der Waals surface area contributed by atoms with Gasteiger partial charge in [-0.25, -0.2) is 0 Å². The Kier molecular flexibility index (Phi) is 8.91. The summed E-state index contributed by atoms with van der Waals surface area (Å²) >= 11 is 1.68. The van der Waals surface area contributed by atoms with Crippen molar-refractivity contribution >= 4 is 35.0 Å². The molecule has 0 heterocycles. The molecule has 0 saturated heterocycles. The standard InChI is InChI=1S/C28H33N3O2S/c1-19-8-6-9-20(2)27(19)29-25(32)17-31(16-23-12-14-24(34-5)15-13-23)18-26(33)30-28-21(3)10-7-11-22(28)4/h6-15H,16-18H2,1-5H3,(H,29,32)(H,30,33). The molecule has 0 bridgehead atoms. The minimum atomic E-state index is -0.141. The van der Waals surface area contributed by atoms with Gasteiger partial charge in [0.2, 0.25) is 11.8 Å². The lowest BCUT2D eigenvalue weighted by molar-refractivity contribution is -0.120. The first-order valence-corrected chi connectivity index (χ1v) is 12.6. The van der Waals surface area contributed by atoms with Crippen molar-refractivity contribution in [1.29, 1.82) is 0 Å². The first-order chi connectivity index (χ1) is 16.3. The van der Waals surface area contributed by atoms with Gasteiger partial charge >= 0.3 is 0 Å². The number of aryl methyl sites for hydroxylation is 4. The Balaban J connectivity index is 1.75. The molecule has 0 spiro atoms. The number of carbonyl (C=O) groups excluding carboxylic acids is 2. The maximum atomic E-state index is 13.0. The fourth-order valence-electron chi connectivity index (χ4n) is 3.94. The number of para-hydroxylation sites is 2. The average molecular weight is 476 g/mol. The highest BCUT2D eigenvalue weighted by Gasteiger charge is 2.18. The summed E-state index contributed by atoms with van der Waals surface area (Å²) in [4.78, 5) is 29.0. The quantitative estimate of drug-likeness (QED) is 0.389. The predicted octanol–water partition coefficient (Wildman–Crippen LogP) is 5.72. The van der Waals surface area contributed by atoms with Gasteiger partial charge in [-0.15, -0.1) is 11.8 Å². The van der Waals surface area contributed by atoms with Crippen LogP contribution in [-0.2, 0) is 16.1 Å². The normalized spacial score (nSPS) is 10.9. The molecule has 0 aliphatic rings. The molecular weight excluding hydrogens is 442 g/mol. The highest BCUT2D eigenvalue weighted by molar-refractivity contribution is 7.98. The second-order valence-corrected chi connectivity index (χ2v) is 9.50. The Morgan fingerprint density at radius 2 is 1.12 bits per heavy atom. The van der Waals surface area contributed by atoms with Gasteiger partial charge in [0, 0.05) is 22.8 Å². The zero-order chi connectivity index (χ0) is 24.7. The molecule has 0 atom stereocenters. The van der Waals surface area contributed by atoms with Gasteiger partial charge in [0.25, 0.3) is 0 Å². The van der Waals surface area contributed by atoms with Crippen molar-refractivity contribution in [3.8, 4) is 0 Å². The Labute approximate surface area is 207 Å². The summed E-state index contributed by atoms with van der Waals surface area (Å²) in [6, 6.07) is 20.1. The van der Waals surface area contributed by atoms with Crippen molar-refractivity contribution in [2.75, 3.05) is 30.0 Å². The van der Waals surface area contributed by atoms with Gasteiger partial charge in [-0.1, -0.05) is 48.5 Å². The van der Waals surface area contributed by atoms with Crippen molar-refractivity contribution in [3.63, 3.8) is 0 Å². The third-order valence-corrected chi connectivity index (χ3v) is 6.53. The van der Waals surface area contributed by atoms with E-state index in [4.69, 9.17) is 0 Å². The van der Waals surface area contributed by atoms with Crippen molar-refractivity contribution in [1.82, 2.24) is 4.90 Å². The smallest absolute Gasteiger partial charge is 0.238 e. The summed E-state index contributed by atoms with van der Waals surface area (Å²) in [6.07, 6.45) is 2.04. The Hall–Kier alpha value is -3.09. The van der Waals surface area contributed by atoms with E-state index in [2.05, 4.69) is 22.8 Å². The van der Waals surface area contributed by atoms with Crippen LogP contribution in [0.5, 0.6) is 0 Å². The fraction of sp³-hybridized carbons (Fsp3) is 0.286. The van der Waals surface area contributed by atoms with E-state index in [9.17, 15) is 9.59 Å². The van der Waals surface area contributed by atoms with Crippen LogP contribution in [0.25, 0.3) is 0 Å². The zero-order valence-corrected chi connectivity index (χ0v) is 21.4. The van der Waals surface area contributed by atoms with Crippen molar-refractivity contribution in [2.45, 2.75) is 39.1 Å². The van der Waals surface area contributed by atoms with E-state index in [1.54, 1.807) is 11.8 Å². The largest absolute Gasteiger partial charge is 0.324 e. The minimum Gasteiger partial charge on any atom is -0.324 e. The molecule has 2 N–H and O–H groups in total. The highest BCUT2D eigenvalue weighted by Crippen LogP contribution is 2.21. The average Bonchev–Trinajstić information content (AvgIpc) is 2.79. The van der Waals surface area contributed by atoms with Crippen LogP contribution in [0, 0.1) is 27.7 Å². The Morgan fingerprint density at radius 1 is 0.706 bits per heavy atom. The molecule has 0 aromatic heterocycles. The lowest BCUT2D eigenvalue weighted by Crippen LogP contribution is -2.38. The molecule has 0 aliphatic carbocycles.